The summed E-state index contributed by atoms with van der Waals surface area (Å²) in [7, 11) is 1.84. The minimum absolute atomic E-state index is 0. The first-order valence-electron chi connectivity index (χ1n) is 4.55. The zero-order valence-electron chi connectivity index (χ0n) is 8.77. The number of anilines is 1. The largest absolute Gasteiger partial charge is 0.315 e. The number of rotatable bonds is 0. The third-order valence-corrected chi connectivity index (χ3v) is 2.63. The minimum atomic E-state index is 0. The summed E-state index contributed by atoms with van der Waals surface area (Å²) in [4.78, 5) is 13.4. The Bertz CT molecular complexity index is 354. The van der Waals surface area contributed by atoms with Gasteiger partial charge in [-0.05, 0) is 18.1 Å². The normalized spacial score (nSPS) is 18.7. The lowest BCUT2D eigenvalue weighted by molar-refractivity contribution is -0.121. The van der Waals surface area contributed by atoms with Crippen molar-refractivity contribution < 1.29 is 4.79 Å². The molecule has 1 aliphatic heterocycles. The summed E-state index contributed by atoms with van der Waals surface area (Å²) >= 11 is 0. The van der Waals surface area contributed by atoms with Crippen molar-refractivity contribution in [1.29, 1.82) is 0 Å². The SMILES string of the molecule is CC1Cc2ccccc2N(C)C1=O.Cl.Cl. The minimum Gasteiger partial charge on any atom is -0.315 e. The van der Waals surface area contributed by atoms with Crippen LogP contribution in [0.15, 0.2) is 24.3 Å². The van der Waals surface area contributed by atoms with E-state index in [-0.39, 0.29) is 36.6 Å². The molecule has 1 aromatic carbocycles. The number of hydrogen-bond acceptors (Lipinski definition) is 1. The van der Waals surface area contributed by atoms with Crippen molar-refractivity contribution >= 4 is 36.4 Å². The molecule has 1 aromatic rings. The molecule has 1 atom stereocenters. The number of fused-ring (bicyclic) bond motifs is 1. The lowest BCUT2D eigenvalue weighted by Crippen LogP contribution is -2.37. The van der Waals surface area contributed by atoms with E-state index in [1.807, 2.05) is 32.2 Å². The molecule has 1 heterocycles. The predicted octanol–water partition coefficient (Wildman–Crippen LogP) is 2.69. The van der Waals surface area contributed by atoms with Gasteiger partial charge in [0.1, 0.15) is 0 Å². The smallest absolute Gasteiger partial charge is 0.229 e. The Hall–Kier alpha value is -0.730. The zero-order chi connectivity index (χ0) is 9.42. The van der Waals surface area contributed by atoms with Gasteiger partial charge in [0, 0.05) is 18.7 Å². The lowest BCUT2D eigenvalue weighted by Gasteiger charge is -2.29. The molecule has 1 aliphatic rings. The van der Waals surface area contributed by atoms with Crippen LogP contribution >= 0.6 is 24.8 Å². The van der Waals surface area contributed by atoms with E-state index >= 15 is 0 Å². The molecule has 2 rings (SSSR count). The summed E-state index contributed by atoms with van der Waals surface area (Å²) in [5.41, 5.74) is 2.34. The van der Waals surface area contributed by atoms with Crippen molar-refractivity contribution in [3.8, 4) is 0 Å². The van der Waals surface area contributed by atoms with Gasteiger partial charge in [-0.25, -0.2) is 0 Å². The highest BCUT2D eigenvalue weighted by Crippen LogP contribution is 2.28. The number of carbonyl (C=O) groups excluding carboxylic acids is 1. The fourth-order valence-electron chi connectivity index (χ4n) is 1.88. The van der Waals surface area contributed by atoms with Crippen molar-refractivity contribution in [2.75, 3.05) is 11.9 Å². The molecule has 2 nitrogen and oxygen atoms in total. The Balaban J connectivity index is 0.000000980. The highest BCUT2D eigenvalue weighted by molar-refractivity contribution is 5.97. The van der Waals surface area contributed by atoms with E-state index in [1.54, 1.807) is 4.90 Å². The molecule has 0 saturated heterocycles. The van der Waals surface area contributed by atoms with Crippen molar-refractivity contribution in [2.45, 2.75) is 13.3 Å². The second kappa shape index (κ2) is 5.38. The van der Waals surface area contributed by atoms with Crippen LogP contribution in [0.1, 0.15) is 12.5 Å². The average molecular weight is 248 g/mol. The first kappa shape index (κ1) is 14.3. The summed E-state index contributed by atoms with van der Waals surface area (Å²) in [6, 6.07) is 8.08. The molecule has 0 fully saturated rings. The molecule has 0 saturated carbocycles. The molecular weight excluding hydrogens is 233 g/mol. The molecule has 0 N–H and O–H groups in total. The van der Waals surface area contributed by atoms with Gasteiger partial charge in [-0.15, -0.1) is 24.8 Å². The van der Waals surface area contributed by atoms with Crippen LogP contribution in [0.3, 0.4) is 0 Å². The molecule has 0 aromatic heterocycles. The summed E-state index contributed by atoms with van der Waals surface area (Å²) in [6.07, 6.45) is 0.874. The number of para-hydroxylation sites is 1. The molecule has 0 spiro atoms. The number of hydrogen-bond donors (Lipinski definition) is 0. The van der Waals surface area contributed by atoms with E-state index in [2.05, 4.69) is 6.07 Å². The van der Waals surface area contributed by atoms with Crippen molar-refractivity contribution in [3.63, 3.8) is 0 Å². The summed E-state index contributed by atoms with van der Waals surface area (Å²) < 4.78 is 0. The topological polar surface area (TPSA) is 20.3 Å². The van der Waals surface area contributed by atoms with Gasteiger partial charge in [0.25, 0.3) is 0 Å². The van der Waals surface area contributed by atoms with E-state index in [0.29, 0.717) is 0 Å². The van der Waals surface area contributed by atoms with E-state index in [9.17, 15) is 4.79 Å². The molecule has 0 radical (unpaired) electrons. The third kappa shape index (κ3) is 2.44. The van der Waals surface area contributed by atoms with Gasteiger partial charge in [0.15, 0.2) is 0 Å². The van der Waals surface area contributed by atoms with Gasteiger partial charge < -0.3 is 4.90 Å². The quantitative estimate of drug-likeness (QED) is 0.691. The van der Waals surface area contributed by atoms with E-state index in [4.69, 9.17) is 0 Å². The van der Waals surface area contributed by atoms with Gasteiger partial charge in [0.05, 0.1) is 0 Å². The van der Waals surface area contributed by atoms with Gasteiger partial charge >= 0.3 is 0 Å². The Labute approximate surface area is 102 Å². The molecular formula is C11H15Cl2NO. The van der Waals surface area contributed by atoms with Crippen molar-refractivity contribution in [3.05, 3.63) is 29.8 Å². The number of amides is 1. The third-order valence-electron chi connectivity index (χ3n) is 2.63. The molecule has 0 aliphatic carbocycles. The number of halogens is 2. The Kier molecular flexibility index (Phi) is 5.12. The van der Waals surface area contributed by atoms with Crippen LogP contribution in [0.2, 0.25) is 0 Å². The van der Waals surface area contributed by atoms with Crippen molar-refractivity contribution in [2.24, 2.45) is 5.92 Å². The van der Waals surface area contributed by atoms with Crippen LogP contribution in [0.25, 0.3) is 0 Å². The van der Waals surface area contributed by atoms with E-state index in [1.165, 1.54) is 5.56 Å². The first-order valence-corrected chi connectivity index (χ1v) is 4.55. The number of benzene rings is 1. The number of carbonyl (C=O) groups is 1. The van der Waals surface area contributed by atoms with E-state index in [0.717, 1.165) is 12.1 Å². The fraction of sp³-hybridized carbons (Fsp3) is 0.364. The van der Waals surface area contributed by atoms with Gasteiger partial charge in [0.2, 0.25) is 5.91 Å². The lowest BCUT2D eigenvalue weighted by atomic mass is 9.94. The van der Waals surface area contributed by atoms with Gasteiger partial charge in [-0.2, -0.15) is 0 Å². The number of nitrogens with zero attached hydrogens (tertiary/aromatic N) is 1. The van der Waals surface area contributed by atoms with Crippen LogP contribution in [0.4, 0.5) is 5.69 Å². The predicted molar refractivity (Wildman–Crippen MR) is 67.2 cm³/mol. The van der Waals surface area contributed by atoms with Crippen LogP contribution < -0.4 is 4.90 Å². The average Bonchev–Trinajstić information content (AvgIpc) is 2.15. The molecule has 15 heavy (non-hydrogen) atoms. The Morgan fingerprint density at radius 2 is 1.87 bits per heavy atom. The maximum absolute atomic E-state index is 11.6. The summed E-state index contributed by atoms with van der Waals surface area (Å²) in [5, 5.41) is 0. The molecule has 4 heteroatoms. The zero-order valence-corrected chi connectivity index (χ0v) is 10.4. The van der Waals surface area contributed by atoms with Crippen molar-refractivity contribution in [1.82, 2.24) is 0 Å². The summed E-state index contributed by atoms with van der Waals surface area (Å²) in [5.74, 6) is 0.346. The van der Waals surface area contributed by atoms with Gasteiger partial charge in [-0.3, -0.25) is 4.79 Å². The molecule has 1 amide bonds. The second-order valence-electron chi connectivity index (χ2n) is 3.63. The second-order valence-corrected chi connectivity index (χ2v) is 3.63. The molecule has 0 bridgehead atoms. The Morgan fingerprint density at radius 1 is 1.27 bits per heavy atom. The van der Waals surface area contributed by atoms with Gasteiger partial charge in [-0.1, -0.05) is 25.1 Å². The molecule has 84 valence electrons. The Morgan fingerprint density at radius 3 is 2.53 bits per heavy atom. The fourth-order valence-corrected chi connectivity index (χ4v) is 1.88. The summed E-state index contributed by atoms with van der Waals surface area (Å²) in [6.45, 7) is 1.98. The highest BCUT2D eigenvalue weighted by atomic mass is 35.5. The highest BCUT2D eigenvalue weighted by Gasteiger charge is 2.26. The van der Waals surface area contributed by atoms with E-state index < -0.39 is 0 Å². The first-order chi connectivity index (χ1) is 6.20. The molecule has 1 unspecified atom stereocenters. The van der Waals surface area contributed by atoms with Crippen LogP contribution in [0, 0.1) is 5.92 Å². The van der Waals surface area contributed by atoms with Crippen LogP contribution in [-0.4, -0.2) is 13.0 Å². The standard InChI is InChI=1S/C11H13NO.2ClH/c1-8-7-9-5-3-4-6-10(9)12(2)11(8)13;;/h3-6,8H,7H2,1-2H3;2*1H. The maximum Gasteiger partial charge on any atom is 0.229 e. The monoisotopic (exact) mass is 247 g/mol. The van der Waals surface area contributed by atoms with Crippen LogP contribution in [-0.2, 0) is 11.2 Å². The van der Waals surface area contributed by atoms with Crippen LogP contribution in [0.5, 0.6) is 0 Å². The maximum atomic E-state index is 11.6.